The van der Waals surface area contributed by atoms with Gasteiger partial charge in [0.2, 0.25) is 5.91 Å². The van der Waals surface area contributed by atoms with Gasteiger partial charge in [0, 0.05) is 19.0 Å². The highest BCUT2D eigenvalue weighted by molar-refractivity contribution is 5.79. The van der Waals surface area contributed by atoms with Gasteiger partial charge in [0.15, 0.2) is 0 Å². The highest BCUT2D eigenvalue weighted by Crippen LogP contribution is 2.33. The maximum absolute atomic E-state index is 12.5. The van der Waals surface area contributed by atoms with Gasteiger partial charge in [0.25, 0.3) is 0 Å². The molecule has 1 saturated carbocycles. The van der Waals surface area contributed by atoms with Gasteiger partial charge in [-0.15, -0.1) is 0 Å². The van der Waals surface area contributed by atoms with Gasteiger partial charge in [-0.2, -0.15) is 0 Å². The van der Waals surface area contributed by atoms with E-state index in [2.05, 4.69) is 18.7 Å². The normalized spacial score (nSPS) is 38.4. The number of carbonyl (C=O) groups excluding carboxylic acids is 1. The molecule has 4 atom stereocenters. The van der Waals surface area contributed by atoms with E-state index >= 15 is 0 Å². The first-order valence-electron chi connectivity index (χ1n) is 7.10. The molecule has 2 fully saturated rings. The standard InChI is InChI=1S/C14H26N2O/c1-10-6-11(2)9-16(8-10)14(17)13-5-3-4-12(13)7-15/h10-13H,3-9,15H2,1-2H3. The molecule has 3 nitrogen and oxygen atoms in total. The molecule has 2 rings (SSSR count). The Morgan fingerprint density at radius 3 is 2.47 bits per heavy atom. The molecule has 0 aromatic carbocycles. The molecule has 0 spiro atoms. The van der Waals surface area contributed by atoms with E-state index in [1.165, 1.54) is 12.8 Å². The van der Waals surface area contributed by atoms with E-state index in [1.807, 2.05) is 0 Å². The minimum absolute atomic E-state index is 0.220. The predicted octanol–water partition coefficient (Wildman–Crippen LogP) is 1.87. The summed E-state index contributed by atoms with van der Waals surface area (Å²) in [6.07, 6.45) is 4.64. The van der Waals surface area contributed by atoms with Crippen LogP contribution in [0.1, 0.15) is 39.5 Å². The predicted molar refractivity (Wildman–Crippen MR) is 69.4 cm³/mol. The van der Waals surface area contributed by atoms with Crippen LogP contribution in [0.15, 0.2) is 0 Å². The van der Waals surface area contributed by atoms with Crippen LogP contribution in [0.2, 0.25) is 0 Å². The lowest BCUT2D eigenvalue weighted by atomic mass is 9.89. The second-order valence-electron chi connectivity index (χ2n) is 6.22. The summed E-state index contributed by atoms with van der Waals surface area (Å²) >= 11 is 0. The molecule has 2 N–H and O–H groups in total. The molecule has 0 radical (unpaired) electrons. The number of hydrogen-bond donors (Lipinski definition) is 1. The molecule has 0 aromatic heterocycles. The smallest absolute Gasteiger partial charge is 0.226 e. The number of likely N-dealkylation sites (tertiary alicyclic amines) is 1. The largest absolute Gasteiger partial charge is 0.342 e. The third kappa shape index (κ3) is 2.82. The van der Waals surface area contributed by atoms with Crippen LogP contribution in [0.25, 0.3) is 0 Å². The van der Waals surface area contributed by atoms with Gasteiger partial charge in [-0.25, -0.2) is 0 Å². The topological polar surface area (TPSA) is 46.3 Å². The van der Waals surface area contributed by atoms with Gasteiger partial charge < -0.3 is 10.6 Å². The first-order chi connectivity index (χ1) is 8.11. The Morgan fingerprint density at radius 1 is 1.24 bits per heavy atom. The number of amides is 1. The summed E-state index contributed by atoms with van der Waals surface area (Å²) in [5, 5.41) is 0. The van der Waals surface area contributed by atoms with Crippen LogP contribution in [0, 0.1) is 23.7 Å². The minimum Gasteiger partial charge on any atom is -0.342 e. The van der Waals surface area contributed by atoms with E-state index in [0.29, 0.717) is 30.2 Å². The summed E-state index contributed by atoms with van der Waals surface area (Å²) in [4.78, 5) is 14.6. The van der Waals surface area contributed by atoms with Crippen molar-refractivity contribution in [1.29, 1.82) is 0 Å². The molecule has 1 aliphatic carbocycles. The summed E-state index contributed by atoms with van der Waals surface area (Å²) in [5.74, 6) is 2.35. The fourth-order valence-corrected chi connectivity index (χ4v) is 3.72. The van der Waals surface area contributed by atoms with Gasteiger partial charge in [-0.05, 0) is 43.6 Å². The molecule has 1 amide bonds. The van der Waals surface area contributed by atoms with Crippen LogP contribution in [-0.4, -0.2) is 30.4 Å². The third-order valence-corrected chi connectivity index (χ3v) is 4.46. The third-order valence-electron chi connectivity index (χ3n) is 4.46. The van der Waals surface area contributed by atoms with E-state index in [-0.39, 0.29) is 5.92 Å². The van der Waals surface area contributed by atoms with Crippen molar-refractivity contribution in [3.05, 3.63) is 0 Å². The van der Waals surface area contributed by atoms with E-state index in [0.717, 1.165) is 25.9 Å². The summed E-state index contributed by atoms with van der Waals surface area (Å²) in [7, 11) is 0. The zero-order valence-corrected chi connectivity index (χ0v) is 11.2. The quantitative estimate of drug-likeness (QED) is 0.798. The average Bonchev–Trinajstić information content (AvgIpc) is 2.74. The average molecular weight is 238 g/mol. The number of rotatable bonds is 2. The maximum atomic E-state index is 12.5. The summed E-state index contributed by atoms with van der Waals surface area (Å²) in [6.45, 7) is 7.10. The van der Waals surface area contributed by atoms with E-state index in [1.54, 1.807) is 0 Å². The molecular weight excluding hydrogens is 212 g/mol. The van der Waals surface area contributed by atoms with Crippen LogP contribution in [0.4, 0.5) is 0 Å². The maximum Gasteiger partial charge on any atom is 0.226 e. The monoisotopic (exact) mass is 238 g/mol. The van der Waals surface area contributed by atoms with Crippen LogP contribution in [0.3, 0.4) is 0 Å². The van der Waals surface area contributed by atoms with E-state index in [9.17, 15) is 4.79 Å². The second kappa shape index (κ2) is 5.38. The summed E-state index contributed by atoms with van der Waals surface area (Å²) in [5.41, 5.74) is 5.78. The van der Waals surface area contributed by atoms with Gasteiger partial charge in [0.1, 0.15) is 0 Å². The molecular formula is C14H26N2O. The first kappa shape index (κ1) is 12.9. The molecule has 98 valence electrons. The Kier molecular flexibility index (Phi) is 4.08. The minimum atomic E-state index is 0.220. The molecule has 0 aromatic rings. The van der Waals surface area contributed by atoms with Gasteiger partial charge >= 0.3 is 0 Å². The first-order valence-corrected chi connectivity index (χ1v) is 7.10. The van der Waals surface area contributed by atoms with Gasteiger partial charge in [-0.1, -0.05) is 20.3 Å². The Bertz CT molecular complexity index is 269. The molecule has 1 aliphatic heterocycles. The van der Waals surface area contributed by atoms with Gasteiger partial charge in [0.05, 0.1) is 0 Å². The molecule has 4 unspecified atom stereocenters. The van der Waals surface area contributed by atoms with Crippen molar-refractivity contribution in [2.75, 3.05) is 19.6 Å². The fourth-order valence-electron chi connectivity index (χ4n) is 3.72. The van der Waals surface area contributed by atoms with Crippen LogP contribution < -0.4 is 5.73 Å². The Hall–Kier alpha value is -0.570. The molecule has 2 aliphatic rings. The van der Waals surface area contributed by atoms with Crippen LogP contribution >= 0.6 is 0 Å². The molecule has 1 heterocycles. The van der Waals surface area contributed by atoms with Crippen molar-refractivity contribution in [1.82, 2.24) is 4.90 Å². The number of carbonyl (C=O) groups is 1. The number of hydrogen-bond acceptors (Lipinski definition) is 2. The zero-order valence-electron chi connectivity index (χ0n) is 11.2. The van der Waals surface area contributed by atoms with Crippen molar-refractivity contribution in [2.45, 2.75) is 39.5 Å². The summed E-state index contributed by atoms with van der Waals surface area (Å²) in [6, 6.07) is 0. The lowest BCUT2D eigenvalue weighted by Gasteiger charge is -2.37. The SMILES string of the molecule is CC1CC(C)CN(C(=O)C2CCCC2CN)C1. The van der Waals surface area contributed by atoms with Crippen molar-refractivity contribution in [3.8, 4) is 0 Å². The lowest BCUT2D eigenvalue weighted by Crippen LogP contribution is -2.46. The number of piperidine rings is 1. The van der Waals surface area contributed by atoms with Crippen molar-refractivity contribution in [3.63, 3.8) is 0 Å². The molecule has 17 heavy (non-hydrogen) atoms. The van der Waals surface area contributed by atoms with E-state index < -0.39 is 0 Å². The van der Waals surface area contributed by atoms with Crippen molar-refractivity contribution in [2.24, 2.45) is 29.4 Å². The van der Waals surface area contributed by atoms with Gasteiger partial charge in [-0.3, -0.25) is 4.79 Å². The number of nitrogens with zero attached hydrogens (tertiary/aromatic N) is 1. The van der Waals surface area contributed by atoms with Crippen molar-refractivity contribution >= 4 is 5.91 Å². The van der Waals surface area contributed by atoms with E-state index in [4.69, 9.17) is 5.73 Å². The lowest BCUT2D eigenvalue weighted by molar-refractivity contribution is -0.139. The molecule has 3 heteroatoms. The Balaban J connectivity index is 1.99. The number of nitrogens with two attached hydrogens (primary N) is 1. The highest BCUT2D eigenvalue weighted by atomic mass is 16.2. The van der Waals surface area contributed by atoms with Crippen LogP contribution in [0.5, 0.6) is 0 Å². The Labute approximate surface area is 105 Å². The highest BCUT2D eigenvalue weighted by Gasteiger charge is 2.36. The second-order valence-corrected chi connectivity index (χ2v) is 6.22. The summed E-state index contributed by atoms with van der Waals surface area (Å²) < 4.78 is 0. The molecule has 1 saturated heterocycles. The fraction of sp³-hybridized carbons (Fsp3) is 0.929. The van der Waals surface area contributed by atoms with Crippen molar-refractivity contribution < 1.29 is 4.79 Å². The molecule has 0 bridgehead atoms. The Morgan fingerprint density at radius 2 is 1.88 bits per heavy atom. The van der Waals surface area contributed by atoms with Crippen LogP contribution in [-0.2, 0) is 4.79 Å². The zero-order chi connectivity index (χ0) is 12.4.